The number of hydrogen-bond acceptors (Lipinski definition) is 2. The Kier molecular flexibility index (Phi) is 9.11. The Hall–Kier alpha value is -1.32. The van der Waals surface area contributed by atoms with Gasteiger partial charge in [-0.15, -0.1) is 6.58 Å². The highest BCUT2D eigenvalue weighted by molar-refractivity contribution is 5.78. The van der Waals surface area contributed by atoms with Gasteiger partial charge in [0, 0.05) is 33.0 Å². The van der Waals surface area contributed by atoms with Gasteiger partial charge in [-0.3, -0.25) is 9.59 Å². The van der Waals surface area contributed by atoms with Crippen molar-refractivity contribution in [3.63, 3.8) is 0 Å². The van der Waals surface area contributed by atoms with Crippen LogP contribution in [0.4, 0.5) is 0 Å². The lowest BCUT2D eigenvalue weighted by Crippen LogP contribution is -2.34. The molecule has 0 aromatic carbocycles. The first-order chi connectivity index (χ1) is 8.11. The minimum atomic E-state index is -0.0355. The number of nitrogens with zero attached hydrogens (tertiary/aromatic N) is 1. The summed E-state index contributed by atoms with van der Waals surface area (Å²) in [5, 5.41) is 2.70. The molecule has 4 nitrogen and oxygen atoms in total. The molecule has 4 heteroatoms. The lowest BCUT2D eigenvalue weighted by Gasteiger charge is -2.20. The average Bonchev–Trinajstić information content (AvgIpc) is 2.30. The van der Waals surface area contributed by atoms with Gasteiger partial charge in [-0.05, 0) is 6.42 Å². The first-order valence-electron chi connectivity index (χ1n) is 6.25. The fourth-order valence-electron chi connectivity index (χ4n) is 1.49. The summed E-state index contributed by atoms with van der Waals surface area (Å²) in [5.74, 6) is 0.00395. The van der Waals surface area contributed by atoms with Crippen LogP contribution in [-0.4, -0.2) is 36.3 Å². The fraction of sp³-hybridized carbons (Fsp3) is 0.692. The van der Waals surface area contributed by atoms with Crippen molar-refractivity contribution in [3.8, 4) is 0 Å². The molecule has 0 aromatic rings. The van der Waals surface area contributed by atoms with E-state index < -0.39 is 0 Å². The maximum atomic E-state index is 11.4. The summed E-state index contributed by atoms with van der Waals surface area (Å²) >= 11 is 0. The van der Waals surface area contributed by atoms with Crippen LogP contribution in [0.25, 0.3) is 0 Å². The number of unbranched alkanes of at least 4 members (excludes halogenated alkanes) is 2. The molecule has 0 aromatic heterocycles. The fourth-order valence-corrected chi connectivity index (χ4v) is 1.49. The minimum Gasteiger partial charge on any atom is -0.353 e. The van der Waals surface area contributed by atoms with Crippen molar-refractivity contribution in [2.24, 2.45) is 0 Å². The van der Waals surface area contributed by atoms with E-state index in [9.17, 15) is 9.59 Å². The second-order valence-electron chi connectivity index (χ2n) is 4.06. The largest absolute Gasteiger partial charge is 0.353 e. The monoisotopic (exact) mass is 240 g/mol. The normalized spacial score (nSPS) is 9.76. The zero-order chi connectivity index (χ0) is 13.1. The van der Waals surface area contributed by atoms with E-state index in [0.717, 1.165) is 25.8 Å². The van der Waals surface area contributed by atoms with Crippen LogP contribution in [0.1, 0.15) is 39.5 Å². The summed E-state index contributed by atoms with van der Waals surface area (Å²) in [4.78, 5) is 24.4. The van der Waals surface area contributed by atoms with Crippen LogP contribution < -0.4 is 5.32 Å². The van der Waals surface area contributed by atoms with E-state index in [-0.39, 0.29) is 11.8 Å². The molecule has 0 saturated carbocycles. The van der Waals surface area contributed by atoms with Gasteiger partial charge in [0.15, 0.2) is 0 Å². The molecule has 17 heavy (non-hydrogen) atoms. The lowest BCUT2D eigenvalue weighted by molar-refractivity contribution is -0.129. The van der Waals surface area contributed by atoms with Crippen molar-refractivity contribution < 1.29 is 9.59 Å². The van der Waals surface area contributed by atoms with E-state index in [1.807, 2.05) is 0 Å². The van der Waals surface area contributed by atoms with Crippen LogP contribution in [0.3, 0.4) is 0 Å². The molecule has 0 aliphatic heterocycles. The van der Waals surface area contributed by atoms with Gasteiger partial charge in [0.25, 0.3) is 0 Å². The number of carbonyl (C=O) groups excluding carboxylic acids is 2. The maximum absolute atomic E-state index is 11.4. The van der Waals surface area contributed by atoms with Crippen molar-refractivity contribution in [1.82, 2.24) is 10.2 Å². The van der Waals surface area contributed by atoms with Crippen LogP contribution >= 0.6 is 0 Å². The lowest BCUT2D eigenvalue weighted by atomic mass is 10.2. The molecule has 0 rings (SSSR count). The van der Waals surface area contributed by atoms with Crippen LogP contribution in [-0.2, 0) is 9.59 Å². The van der Waals surface area contributed by atoms with Crippen molar-refractivity contribution in [1.29, 1.82) is 0 Å². The third-order valence-electron chi connectivity index (χ3n) is 2.53. The quantitative estimate of drug-likeness (QED) is 0.493. The molecule has 0 spiro atoms. The van der Waals surface area contributed by atoms with Crippen LogP contribution in [0.15, 0.2) is 12.7 Å². The Morgan fingerprint density at radius 1 is 1.29 bits per heavy atom. The average molecular weight is 240 g/mol. The molecule has 0 fully saturated rings. The van der Waals surface area contributed by atoms with Gasteiger partial charge in [0.1, 0.15) is 0 Å². The highest BCUT2D eigenvalue weighted by Gasteiger charge is 2.10. The third kappa shape index (κ3) is 8.48. The minimum absolute atomic E-state index is 0.0355. The molecular weight excluding hydrogens is 216 g/mol. The van der Waals surface area contributed by atoms with Gasteiger partial charge in [0.05, 0.1) is 0 Å². The van der Waals surface area contributed by atoms with Crippen molar-refractivity contribution in [3.05, 3.63) is 12.7 Å². The molecule has 98 valence electrons. The summed E-state index contributed by atoms with van der Waals surface area (Å²) in [6.07, 6.45) is 5.25. The number of amides is 2. The topological polar surface area (TPSA) is 49.4 Å². The molecule has 0 saturated heterocycles. The van der Waals surface area contributed by atoms with Crippen LogP contribution in [0.2, 0.25) is 0 Å². The molecule has 0 bridgehead atoms. The molecule has 0 aliphatic rings. The van der Waals surface area contributed by atoms with Crippen molar-refractivity contribution >= 4 is 11.8 Å². The number of carbonyl (C=O) groups is 2. The predicted molar refractivity (Wildman–Crippen MR) is 69.6 cm³/mol. The summed E-state index contributed by atoms with van der Waals surface area (Å²) in [6.45, 7) is 8.93. The number of nitrogens with one attached hydrogen (secondary N) is 1. The Balaban J connectivity index is 3.87. The highest BCUT2D eigenvalue weighted by Crippen LogP contribution is 2.00. The second kappa shape index (κ2) is 9.87. The summed E-state index contributed by atoms with van der Waals surface area (Å²) in [7, 11) is 0. The summed E-state index contributed by atoms with van der Waals surface area (Å²) < 4.78 is 0. The molecule has 2 amide bonds. The summed E-state index contributed by atoms with van der Waals surface area (Å²) in [6, 6.07) is 0. The second-order valence-corrected chi connectivity index (χ2v) is 4.06. The number of hydrogen-bond donors (Lipinski definition) is 1. The van der Waals surface area contributed by atoms with Crippen molar-refractivity contribution in [2.45, 2.75) is 39.5 Å². The number of rotatable bonds is 9. The maximum Gasteiger partial charge on any atom is 0.222 e. The highest BCUT2D eigenvalue weighted by atomic mass is 16.2. The van der Waals surface area contributed by atoms with E-state index in [1.165, 1.54) is 0 Å². The standard InChI is InChI=1S/C13H24N2O2/c1-4-6-7-10-15(12(3)16)11-8-13(17)14-9-5-2/h5H,2,4,6-11H2,1,3H3,(H,14,17). The Bertz CT molecular complexity index is 252. The van der Waals surface area contributed by atoms with Gasteiger partial charge >= 0.3 is 0 Å². The zero-order valence-corrected chi connectivity index (χ0v) is 11.0. The SMILES string of the molecule is C=CCNC(=O)CCN(CCCCC)C(C)=O. The van der Waals surface area contributed by atoms with Crippen LogP contribution in [0.5, 0.6) is 0 Å². The van der Waals surface area contributed by atoms with E-state index in [1.54, 1.807) is 17.9 Å². The predicted octanol–water partition coefficient (Wildman–Crippen LogP) is 1.72. The van der Waals surface area contributed by atoms with E-state index in [2.05, 4.69) is 18.8 Å². The Morgan fingerprint density at radius 3 is 2.53 bits per heavy atom. The molecular formula is C13H24N2O2. The zero-order valence-electron chi connectivity index (χ0n) is 11.0. The smallest absolute Gasteiger partial charge is 0.222 e. The van der Waals surface area contributed by atoms with Gasteiger partial charge in [-0.2, -0.15) is 0 Å². The third-order valence-corrected chi connectivity index (χ3v) is 2.53. The Labute approximate surface area is 104 Å². The first-order valence-corrected chi connectivity index (χ1v) is 6.25. The van der Waals surface area contributed by atoms with Gasteiger partial charge in [-0.25, -0.2) is 0 Å². The van der Waals surface area contributed by atoms with Crippen LogP contribution in [0, 0.1) is 0 Å². The molecule has 0 atom stereocenters. The Morgan fingerprint density at radius 2 is 2.00 bits per heavy atom. The van der Waals surface area contributed by atoms with Gasteiger partial charge in [-0.1, -0.05) is 25.8 Å². The van der Waals surface area contributed by atoms with Crippen molar-refractivity contribution in [2.75, 3.05) is 19.6 Å². The van der Waals surface area contributed by atoms with Gasteiger partial charge in [0.2, 0.25) is 11.8 Å². The van der Waals surface area contributed by atoms with E-state index in [0.29, 0.717) is 19.5 Å². The summed E-state index contributed by atoms with van der Waals surface area (Å²) in [5.41, 5.74) is 0. The molecule has 0 radical (unpaired) electrons. The molecule has 0 heterocycles. The molecule has 1 N–H and O–H groups in total. The molecule has 0 aliphatic carbocycles. The van der Waals surface area contributed by atoms with E-state index in [4.69, 9.17) is 0 Å². The first kappa shape index (κ1) is 15.7. The molecule has 0 unspecified atom stereocenters. The van der Waals surface area contributed by atoms with E-state index >= 15 is 0 Å². The van der Waals surface area contributed by atoms with Gasteiger partial charge < -0.3 is 10.2 Å².